The minimum absolute atomic E-state index is 0. The van der Waals surface area contributed by atoms with Gasteiger partial charge in [-0.2, -0.15) is 0 Å². The summed E-state index contributed by atoms with van der Waals surface area (Å²) in [6.07, 6.45) is 3.15. The predicted octanol–water partition coefficient (Wildman–Crippen LogP) is 1.61. The van der Waals surface area contributed by atoms with Crippen molar-refractivity contribution >= 4 is 90.5 Å². The molecule has 2 heterocycles. The third-order valence-electron chi connectivity index (χ3n) is 0.654. The fraction of sp³-hybridized carbons (Fsp3) is 0. The number of aromatic nitrogens is 3. The van der Waals surface area contributed by atoms with Crippen LogP contribution >= 0.6 is 31.4 Å². The first-order valence-electron chi connectivity index (χ1n) is 2.72. The summed E-state index contributed by atoms with van der Waals surface area (Å²) in [5, 5.41) is 14.3. The zero-order valence-corrected chi connectivity index (χ0v) is 13.9. The van der Waals surface area contributed by atoms with E-state index in [1.807, 2.05) is 0 Å². The van der Waals surface area contributed by atoms with E-state index in [4.69, 9.17) is 0 Å². The van der Waals surface area contributed by atoms with Crippen LogP contribution < -0.4 is 0 Å². The van der Waals surface area contributed by atoms with E-state index in [1.165, 1.54) is 0 Å². The Labute approximate surface area is 133 Å². The molecular formula is C5H5N3Na2S3. The number of nitrogens with zero attached hydrogens (tertiary/aromatic N) is 3. The van der Waals surface area contributed by atoms with E-state index in [0.717, 1.165) is 0 Å². The van der Waals surface area contributed by atoms with Gasteiger partial charge in [0.15, 0.2) is 0 Å². The monoisotopic (exact) mass is 249 g/mol. The van der Waals surface area contributed by atoms with Crippen molar-refractivity contribution in [3.05, 3.63) is 29.3 Å². The van der Waals surface area contributed by atoms with E-state index in [-0.39, 0.29) is 59.1 Å². The molecule has 0 N–H and O–H groups in total. The minimum atomic E-state index is 0. The Balaban J connectivity index is 0. The van der Waals surface area contributed by atoms with Gasteiger partial charge in [-0.05, 0) is 31.9 Å². The van der Waals surface area contributed by atoms with Crippen molar-refractivity contribution in [2.45, 2.75) is 0 Å². The maximum Gasteiger partial charge on any atom is 0.0529 e. The number of rotatable bonds is 0. The summed E-state index contributed by atoms with van der Waals surface area (Å²) in [5.41, 5.74) is 0. The molecule has 0 aliphatic carbocycles. The molecule has 1 aliphatic rings. The van der Waals surface area contributed by atoms with Gasteiger partial charge in [-0.1, -0.05) is 21.6 Å². The van der Waals surface area contributed by atoms with E-state index >= 15 is 0 Å². The number of hydrogen-bond donors (Lipinski definition) is 0. The van der Waals surface area contributed by atoms with Gasteiger partial charge in [0.05, 0.1) is 12.4 Å². The Hall–Kier alpha value is 1.80. The number of hydrogen-bond acceptors (Lipinski definition) is 6. The maximum absolute atomic E-state index is 3.42. The van der Waals surface area contributed by atoms with Crippen LogP contribution in [-0.2, 0) is 0 Å². The van der Waals surface area contributed by atoms with Gasteiger partial charge in [0.1, 0.15) is 0 Å². The molecule has 1 aromatic rings. The fourth-order valence-electron chi connectivity index (χ4n) is 0.318. The summed E-state index contributed by atoms with van der Waals surface area (Å²) in [6.45, 7) is 0. The molecule has 0 aromatic carbocycles. The molecule has 8 heteroatoms. The Morgan fingerprint density at radius 2 is 1.38 bits per heavy atom. The van der Waals surface area contributed by atoms with Crippen molar-refractivity contribution < 1.29 is 0 Å². The third kappa shape index (κ3) is 11.7. The van der Waals surface area contributed by atoms with Crippen LogP contribution in [0.5, 0.6) is 0 Å². The molecular weight excluding hydrogens is 244 g/mol. The zero-order chi connectivity index (χ0) is 7.78. The van der Waals surface area contributed by atoms with Crippen molar-refractivity contribution in [2.75, 3.05) is 0 Å². The second-order valence-corrected chi connectivity index (χ2v) is 5.20. The summed E-state index contributed by atoms with van der Waals surface area (Å²) in [4.78, 5) is 0. The fourth-order valence-corrected chi connectivity index (χ4v) is 3.27. The van der Waals surface area contributed by atoms with Gasteiger partial charge in [-0.15, -0.1) is 10.2 Å². The second-order valence-electron chi connectivity index (χ2n) is 1.34. The van der Waals surface area contributed by atoms with Crippen LogP contribution in [0.4, 0.5) is 0 Å². The molecule has 0 unspecified atom stereocenters. The van der Waals surface area contributed by atoms with Gasteiger partial charge in [-0.25, -0.2) is 0 Å². The van der Waals surface area contributed by atoms with Gasteiger partial charge in [-0.3, -0.25) is 0 Å². The quantitative estimate of drug-likeness (QED) is 0.514. The SMILES string of the molecule is C1=CSSS1.[Na].[Na].c1cnnnc1. The van der Waals surface area contributed by atoms with Crippen molar-refractivity contribution in [1.29, 1.82) is 0 Å². The van der Waals surface area contributed by atoms with Crippen LogP contribution in [0.25, 0.3) is 0 Å². The predicted molar refractivity (Wildman–Crippen MR) is 63.2 cm³/mol. The Kier molecular flexibility index (Phi) is 18.3. The van der Waals surface area contributed by atoms with Crippen molar-refractivity contribution in [3.63, 3.8) is 0 Å². The molecule has 1 aliphatic heterocycles. The van der Waals surface area contributed by atoms with Crippen molar-refractivity contribution in [2.24, 2.45) is 0 Å². The van der Waals surface area contributed by atoms with Crippen LogP contribution in [0, 0.1) is 0 Å². The second kappa shape index (κ2) is 13.8. The molecule has 0 saturated carbocycles. The van der Waals surface area contributed by atoms with Gasteiger partial charge in [0.2, 0.25) is 0 Å². The average Bonchev–Trinajstić information content (AvgIpc) is 2.64. The van der Waals surface area contributed by atoms with Crippen molar-refractivity contribution in [1.82, 2.24) is 15.4 Å². The summed E-state index contributed by atoms with van der Waals surface area (Å²) in [5.74, 6) is 0. The normalized spacial score (nSPS) is 11.7. The Bertz CT molecular complexity index is 179. The molecule has 0 spiro atoms. The molecule has 0 saturated heterocycles. The van der Waals surface area contributed by atoms with Gasteiger partial charge in [0, 0.05) is 59.1 Å². The van der Waals surface area contributed by atoms with Gasteiger partial charge >= 0.3 is 0 Å². The van der Waals surface area contributed by atoms with E-state index in [9.17, 15) is 0 Å². The molecule has 60 valence electrons. The maximum atomic E-state index is 3.42. The van der Waals surface area contributed by atoms with Crippen molar-refractivity contribution in [3.8, 4) is 0 Å². The zero-order valence-electron chi connectivity index (χ0n) is 7.45. The molecule has 2 radical (unpaired) electrons. The standard InChI is InChI=1S/C3H3N3.C2H2S3.2Na/c1-2-4-6-5-3-1;1-2-4-5-3-1;;/h1-3H;1-2H;;. The van der Waals surface area contributed by atoms with Crippen LogP contribution in [-0.4, -0.2) is 74.5 Å². The van der Waals surface area contributed by atoms with Crippen LogP contribution in [0.15, 0.2) is 29.3 Å². The minimum Gasteiger partial charge on any atom is -0.139 e. The molecule has 0 fully saturated rings. The first-order valence-corrected chi connectivity index (χ1v) is 6.33. The van der Waals surface area contributed by atoms with Crippen LogP contribution in [0.1, 0.15) is 0 Å². The Morgan fingerprint density at radius 3 is 1.54 bits per heavy atom. The molecule has 0 amide bonds. The smallest absolute Gasteiger partial charge is 0.0529 e. The summed E-state index contributed by atoms with van der Waals surface area (Å²) in [6, 6.07) is 1.72. The molecule has 1 aromatic heterocycles. The topological polar surface area (TPSA) is 38.7 Å². The molecule has 2 rings (SSSR count). The summed E-state index contributed by atoms with van der Waals surface area (Å²) in [7, 11) is 5.34. The van der Waals surface area contributed by atoms with Crippen LogP contribution in [0.3, 0.4) is 0 Å². The van der Waals surface area contributed by atoms with E-state index in [2.05, 4.69) is 26.2 Å². The molecule has 0 atom stereocenters. The largest absolute Gasteiger partial charge is 0.139 e. The average molecular weight is 249 g/mol. The van der Waals surface area contributed by atoms with E-state index in [1.54, 1.807) is 49.9 Å². The third-order valence-corrected chi connectivity index (χ3v) is 4.03. The first-order chi connectivity index (χ1) is 5.50. The molecule has 3 nitrogen and oxygen atoms in total. The van der Waals surface area contributed by atoms with Crippen LogP contribution in [0.2, 0.25) is 0 Å². The van der Waals surface area contributed by atoms with Gasteiger partial charge < -0.3 is 0 Å². The first kappa shape index (κ1) is 17.2. The molecule has 0 bridgehead atoms. The van der Waals surface area contributed by atoms with Gasteiger partial charge in [0.25, 0.3) is 0 Å². The Morgan fingerprint density at radius 1 is 0.846 bits per heavy atom. The summed E-state index contributed by atoms with van der Waals surface area (Å²) < 4.78 is 0. The van der Waals surface area contributed by atoms with E-state index in [0.29, 0.717) is 0 Å². The van der Waals surface area contributed by atoms with E-state index < -0.39 is 0 Å². The molecule has 13 heavy (non-hydrogen) atoms. The summed E-state index contributed by atoms with van der Waals surface area (Å²) >= 11 is 0.